The van der Waals surface area contributed by atoms with E-state index in [1.54, 1.807) is 0 Å². The van der Waals surface area contributed by atoms with Gasteiger partial charge in [-0.1, -0.05) is 46.3 Å². The van der Waals surface area contributed by atoms with Crippen LogP contribution in [0.2, 0.25) is 0 Å². The van der Waals surface area contributed by atoms with Gasteiger partial charge in [-0.2, -0.15) is 0 Å². The lowest BCUT2D eigenvalue weighted by atomic mass is 9.95. The summed E-state index contributed by atoms with van der Waals surface area (Å²) in [4.78, 5) is 11.8. The molecule has 0 aromatic heterocycles. The molecule has 1 rings (SSSR count). The predicted octanol–water partition coefficient (Wildman–Crippen LogP) is 3.51. The van der Waals surface area contributed by atoms with Crippen LogP contribution in [0.4, 0.5) is 0 Å². The Morgan fingerprint density at radius 1 is 1.38 bits per heavy atom. The molecule has 1 aromatic rings. The zero-order chi connectivity index (χ0) is 11.8. The maximum Gasteiger partial charge on any atom is 0.313 e. The van der Waals surface area contributed by atoms with Crippen molar-refractivity contribution < 1.29 is 9.53 Å². The highest BCUT2D eigenvalue weighted by Crippen LogP contribution is 2.23. The lowest BCUT2D eigenvalue weighted by molar-refractivity contribution is -0.145. The maximum absolute atomic E-state index is 11.8. The second-order valence-corrected chi connectivity index (χ2v) is 4.34. The van der Waals surface area contributed by atoms with Crippen molar-refractivity contribution >= 4 is 21.9 Å². The first kappa shape index (κ1) is 13.2. The zero-order valence-electron chi connectivity index (χ0n) is 9.49. The summed E-state index contributed by atoms with van der Waals surface area (Å²) in [6, 6.07) is 9.83. The number of carbonyl (C=O) groups is 1. The van der Waals surface area contributed by atoms with Gasteiger partial charge in [0.25, 0.3) is 0 Å². The fourth-order valence-corrected chi connectivity index (χ4v) is 1.95. The van der Waals surface area contributed by atoms with Gasteiger partial charge < -0.3 is 4.74 Å². The molecule has 0 radical (unpaired) electrons. The highest BCUT2D eigenvalue weighted by atomic mass is 79.9. The Hall–Kier alpha value is -0.830. The molecule has 0 unspecified atom stereocenters. The SMILES string of the molecule is CCOC(=O)[C@@H](CCCBr)c1ccccc1. The van der Waals surface area contributed by atoms with Crippen LogP contribution in [0.5, 0.6) is 0 Å². The molecule has 0 bridgehead atoms. The quantitative estimate of drug-likeness (QED) is 0.590. The average Bonchev–Trinajstić information content (AvgIpc) is 2.31. The molecular formula is C13H17BrO2. The van der Waals surface area contributed by atoms with Gasteiger partial charge in [-0.25, -0.2) is 0 Å². The van der Waals surface area contributed by atoms with E-state index in [1.165, 1.54) is 0 Å². The van der Waals surface area contributed by atoms with Gasteiger partial charge in [0.05, 0.1) is 12.5 Å². The summed E-state index contributed by atoms with van der Waals surface area (Å²) in [5.41, 5.74) is 1.04. The number of hydrogen-bond donors (Lipinski definition) is 0. The van der Waals surface area contributed by atoms with E-state index in [9.17, 15) is 4.79 Å². The molecule has 0 aliphatic heterocycles. The van der Waals surface area contributed by atoms with E-state index >= 15 is 0 Å². The van der Waals surface area contributed by atoms with Gasteiger partial charge in [-0.3, -0.25) is 4.79 Å². The van der Waals surface area contributed by atoms with E-state index in [0.717, 1.165) is 23.7 Å². The monoisotopic (exact) mass is 284 g/mol. The van der Waals surface area contributed by atoms with Crippen LogP contribution in [0.15, 0.2) is 30.3 Å². The average molecular weight is 285 g/mol. The molecular weight excluding hydrogens is 268 g/mol. The van der Waals surface area contributed by atoms with Crippen molar-refractivity contribution in [2.24, 2.45) is 0 Å². The summed E-state index contributed by atoms with van der Waals surface area (Å²) in [5, 5.41) is 0.912. The molecule has 3 heteroatoms. The van der Waals surface area contributed by atoms with Gasteiger partial charge in [0.2, 0.25) is 0 Å². The number of carbonyl (C=O) groups excluding carboxylic acids is 1. The first-order valence-electron chi connectivity index (χ1n) is 5.57. The van der Waals surface area contributed by atoms with Gasteiger partial charge in [0.15, 0.2) is 0 Å². The minimum atomic E-state index is -0.126. The molecule has 0 N–H and O–H groups in total. The van der Waals surface area contributed by atoms with Crippen molar-refractivity contribution in [2.45, 2.75) is 25.7 Å². The van der Waals surface area contributed by atoms with Crippen molar-refractivity contribution in [3.8, 4) is 0 Å². The summed E-state index contributed by atoms with van der Waals surface area (Å²) in [6.07, 6.45) is 1.80. The molecule has 0 amide bonds. The number of rotatable bonds is 6. The third-order valence-corrected chi connectivity index (χ3v) is 2.96. The summed E-state index contributed by atoms with van der Waals surface area (Å²) in [7, 11) is 0. The molecule has 2 nitrogen and oxygen atoms in total. The van der Waals surface area contributed by atoms with Crippen LogP contribution in [-0.2, 0) is 9.53 Å². The van der Waals surface area contributed by atoms with Gasteiger partial charge in [0.1, 0.15) is 0 Å². The van der Waals surface area contributed by atoms with E-state index in [2.05, 4.69) is 15.9 Å². The Bertz CT molecular complexity index is 311. The summed E-state index contributed by atoms with van der Waals surface area (Å²) in [5.74, 6) is -0.242. The van der Waals surface area contributed by atoms with Crippen LogP contribution in [0.25, 0.3) is 0 Å². The molecule has 1 aromatic carbocycles. The van der Waals surface area contributed by atoms with Crippen molar-refractivity contribution in [1.82, 2.24) is 0 Å². The molecule has 0 fully saturated rings. The fraction of sp³-hybridized carbons (Fsp3) is 0.462. The minimum Gasteiger partial charge on any atom is -0.466 e. The van der Waals surface area contributed by atoms with E-state index in [1.807, 2.05) is 37.3 Å². The van der Waals surface area contributed by atoms with Crippen LogP contribution < -0.4 is 0 Å². The number of benzene rings is 1. The smallest absolute Gasteiger partial charge is 0.313 e. The second kappa shape index (κ2) is 7.44. The first-order chi connectivity index (χ1) is 7.79. The molecule has 0 aliphatic rings. The normalized spacial score (nSPS) is 12.1. The third-order valence-electron chi connectivity index (χ3n) is 2.40. The molecule has 0 saturated carbocycles. The maximum atomic E-state index is 11.8. The fourth-order valence-electron chi connectivity index (χ4n) is 1.63. The van der Waals surface area contributed by atoms with Crippen LogP contribution in [0.1, 0.15) is 31.2 Å². The molecule has 0 heterocycles. The standard InChI is InChI=1S/C13H17BrO2/c1-2-16-13(15)12(9-6-10-14)11-7-4-3-5-8-11/h3-5,7-8,12H,2,6,9-10H2,1H3/t12-/m0/s1. The Kier molecular flexibility index (Phi) is 6.16. The Labute approximate surface area is 105 Å². The minimum absolute atomic E-state index is 0.116. The van der Waals surface area contributed by atoms with E-state index < -0.39 is 0 Å². The lowest BCUT2D eigenvalue weighted by Gasteiger charge is -2.15. The lowest BCUT2D eigenvalue weighted by Crippen LogP contribution is -2.16. The highest BCUT2D eigenvalue weighted by Gasteiger charge is 2.20. The van der Waals surface area contributed by atoms with Crippen molar-refractivity contribution in [1.29, 1.82) is 0 Å². The molecule has 1 atom stereocenters. The Morgan fingerprint density at radius 2 is 2.06 bits per heavy atom. The summed E-state index contributed by atoms with van der Waals surface area (Å²) < 4.78 is 5.10. The van der Waals surface area contributed by atoms with Crippen molar-refractivity contribution in [3.05, 3.63) is 35.9 Å². The first-order valence-corrected chi connectivity index (χ1v) is 6.69. The van der Waals surface area contributed by atoms with E-state index in [4.69, 9.17) is 4.74 Å². The van der Waals surface area contributed by atoms with Gasteiger partial charge in [-0.05, 0) is 25.3 Å². The Balaban J connectivity index is 2.74. The van der Waals surface area contributed by atoms with Crippen molar-refractivity contribution in [2.75, 3.05) is 11.9 Å². The highest BCUT2D eigenvalue weighted by molar-refractivity contribution is 9.09. The number of halogens is 1. The van der Waals surface area contributed by atoms with Crippen LogP contribution in [0, 0.1) is 0 Å². The van der Waals surface area contributed by atoms with Crippen LogP contribution >= 0.6 is 15.9 Å². The van der Waals surface area contributed by atoms with Crippen LogP contribution in [-0.4, -0.2) is 17.9 Å². The number of alkyl halides is 1. The summed E-state index contributed by atoms with van der Waals surface area (Å²) >= 11 is 3.39. The number of esters is 1. The topological polar surface area (TPSA) is 26.3 Å². The molecule has 16 heavy (non-hydrogen) atoms. The third kappa shape index (κ3) is 3.97. The molecule has 0 aliphatic carbocycles. The second-order valence-electron chi connectivity index (χ2n) is 3.55. The molecule has 0 spiro atoms. The van der Waals surface area contributed by atoms with Gasteiger partial charge >= 0.3 is 5.97 Å². The van der Waals surface area contributed by atoms with Gasteiger partial charge in [-0.15, -0.1) is 0 Å². The number of ether oxygens (including phenoxy) is 1. The molecule has 88 valence electrons. The van der Waals surface area contributed by atoms with Crippen molar-refractivity contribution in [3.63, 3.8) is 0 Å². The van der Waals surface area contributed by atoms with Crippen LogP contribution in [0.3, 0.4) is 0 Å². The molecule has 0 saturated heterocycles. The van der Waals surface area contributed by atoms with E-state index in [-0.39, 0.29) is 11.9 Å². The largest absolute Gasteiger partial charge is 0.466 e. The number of hydrogen-bond acceptors (Lipinski definition) is 2. The van der Waals surface area contributed by atoms with Gasteiger partial charge in [0, 0.05) is 5.33 Å². The predicted molar refractivity (Wildman–Crippen MR) is 68.8 cm³/mol. The zero-order valence-corrected chi connectivity index (χ0v) is 11.1. The summed E-state index contributed by atoms with van der Waals surface area (Å²) in [6.45, 7) is 2.28. The Morgan fingerprint density at radius 3 is 2.62 bits per heavy atom. The van der Waals surface area contributed by atoms with E-state index in [0.29, 0.717) is 6.61 Å².